The maximum absolute atomic E-state index is 12.1. The van der Waals surface area contributed by atoms with Crippen molar-refractivity contribution in [3.05, 3.63) is 39.9 Å². The van der Waals surface area contributed by atoms with E-state index in [1.165, 1.54) is 11.3 Å². The van der Waals surface area contributed by atoms with E-state index in [-0.39, 0.29) is 11.5 Å². The molecule has 0 fully saturated rings. The monoisotopic (exact) mass is 320 g/mol. The number of nitrogens with one attached hydrogen (secondary N) is 1. The van der Waals surface area contributed by atoms with Crippen LogP contribution in [0.25, 0.3) is 0 Å². The minimum atomic E-state index is -0.224. The van der Waals surface area contributed by atoms with Gasteiger partial charge in [-0.25, -0.2) is 4.98 Å². The van der Waals surface area contributed by atoms with Crippen LogP contribution in [0.2, 0.25) is 0 Å². The van der Waals surface area contributed by atoms with Crippen LogP contribution in [-0.2, 0) is 17.9 Å². The molecule has 2 heterocycles. The fraction of sp³-hybridized carbons (Fsp3) is 0.467. The molecule has 0 saturated carbocycles. The van der Waals surface area contributed by atoms with Gasteiger partial charge in [0, 0.05) is 6.20 Å². The first-order chi connectivity index (χ1) is 10.3. The molecular formula is C15H20N4O2S. The average molecular weight is 320 g/mol. The highest BCUT2D eigenvalue weighted by Crippen LogP contribution is 2.17. The molecule has 2 rings (SSSR count). The van der Waals surface area contributed by atoms with Gasteiger partial charge in [-0.2, -0.15) is 0 Å². The Kier molecular flexibility index (Phi) is 5.20. The Labute approximate surface area is 134 Å². The molecule has 0 radical (unpaired) electrons. The Morgan fingerprint density at radius 3 is 2.64 bits per heavy atom. The van der Waals surface area contributed by atoms with E-state index < -0.39 is 0 Å². The maximum Gasteiger partial charge on any atom is 0.263 e. The lowest BCUT2D eigenvalue weighted by atomic mass is 10.2. The van der Waals surface area contributed by atoms with Crippen LogP contribution >= 0.6 is 11.3 Å². The SMILES string of the molecule is Cc1cnc(CNC(=O)c2cnc(COC(C)(C)C)s2)cn1. The molecule has 6 nitrogen and oxygen atoms in total. The van der Waals surface area contributed by atoms with Crippen molar-refractivity contribution >= 4 is 17.2 Å². The molecule has 1 N–H and O–H groups in total. The molecule has 118 valence electrons. The van der Waals surface area contributed by atoms with Crippen LogP contribution in [-0.4, -0.2) is 26.5 Å². The number of carbonyl (C=O) groups is 1. The van der Waals surface area contributed by atoms with Gasteiger partial charge in [0.25, 0.3) is 5.91 Å². The van der Waals surface area contributed by atoms with Crippen LogP contribution in [0.3, 0.4) is 0 Å². The third-order valence-electron chi connectivity index (χ3n) is 2.67. The summed E-state index contributed by atoms with van der Waals surface area (Å²) in [5.41, 5.74) is 1.35. The number of ether oxygens (including phenoxy) is 1. The molecule has 0 aliphatic carbocycles. The van der Waals surface area contributed by atoms with Gasteiger partial charge in [-0.1, -0.05) is 0 Å². The standard InChI is InChI=1S/C15H20N4O2S/c1-10-5-17-11(6-16-10)7-19-14(20)12-8-18-13(22-12)9-21-15(2,3)4/h5-6,8H,7,9H2,1-4H3,(H,19,20). The topological polar surface area (TPSA) is 77.0 Å². The van der Waals surface area contributed by atoms with Gasteiger partial charge in [-0.3, -0.25) is 14.8 Å². The first-order valence-corrected chi connectivity index (χ1v) is 7.79. The summed E-state index contributed by atoms with van der Waals surface area (Å²) in [7, 11) is 0. The lowest BCUT2D eigenvalue weighted by Gasteiger charge is -2.18. The molecule has 2 aromatic rings. The van der Waals surface area contributed by atoms with E-state index in [2.05, 4.69) is 20.3 Å². The van der Waals surface area contributed by atoms with E-state index in [4.69, 9.17) is 4.74 Å². The summed E-state index contributed by atoms with van der Waals surface area (Å²) in [6.45, 7) is 8.57. The summed E-state index contributed by atoms with van der Waals surface area (Å²) >= 11 is 1.34. The molecular weight excluding hydrogens is 300 g/mol. The van der Waals surface area contributed by atoms with Crippen molar-refractivity contribution in [3.8, 4) is 0 Å². The van der Waals surface area contributed by atoms with Crippen LogP contribution in [0.1, 0.15) is 46.8 Å². The molecule has 0 bridgehead atoms. The second kappa shape index (κ2) is 6.93. The molecule has 1 amide bonds. The maximum atomic E-state index is 12.1. The molecule has 0 saturated heterocycles. The first-order valence-electron chi connectivity index (χ1n) is 6.98. The second-order valence-electron chi connectivity index (χ2n) is 5.85. The average Bonchev–Trinajstić information content (AvgIpc) is 2.92. The quantitative estimate of drug-likeness (QED) is 0.916. The summed E-state index contributed by atoms with van der Waals surface area (Å²) < 4.78 is 5.65. The van der Waals surface area contributed by atoms with Gasteiger partial charge in [-0.05, 0) is 27.7 Å². The number of amides is 1. The molecule has 0 aliphatic heterocycles. The number of aryl methyl sites for hydroxylation is 1. The normalized spacial score (nSPS) is 11.5. The Balaban J connectivity index is 1.87. The van der Waals surface area contributed by atoms with Crippen LogP contribution in [0, 0.1) is 6.92 Å². The predicted molar refractivity (Wildman–Crippen MR) is 84.6 cm³/mol. The Morgan fingerprint density at radius 2 is 2.00 bits per heavy atom. The van der Waals surface area contributed by atoms with E-state index in [1.807, 2.05) is 27.7 Å². The second-order valence-corrected chi connectivity index (χ2v) is 6.97. The number of rotatable bonds is 5. The van der Waals surface area contributed by atoms with Crippen molar-refractivity contribution in [3.63, 3.8) is 0 Å². The molecule has 7 heteroatoms. The molecule has 0 aromatic carbocycles. The molecule has 0 unspecified atom stereocenters. The first kappa shape index (κ1) is 16.5. The Morgan fingerprint density at radius 1 is 1.23 bits per heavy atom. The Bertz CT molecular complexity index is 632. The van der Waals surface area contributed by atoms with Crippen LogP contribution in [0.4, 0.5) is 0 Å². The summed E-state index contributed by atoms with van der Waals surface area (Å²) in [6, 6.07) is 0. The van der Waals surface area contributed by atoms with Gasteiger partial charge in [0.15, 0.2) is 0 Å². The molecule has 2 aromatic heterocycles. The van der Waals surface area contributed by atoms with Crippen LogP contribution in [0.15, 0.2) is 18.6 Å². The largest absolute Gasteiger partial charge is 0.369 e. The van der Waals surface area contributed by atoms with E-state index in [0.717, 1.165) is 16.4 Å². The van der Waals surface area contributed by atoms with Crippen LogP contribution in [0.5, 0.6) is 0 Å². The van der Waals surface area contributed by atoms with Crippen molar-refractivity contribution in [1.29, 1.82) is 0 Å². The van der Waals surface area contributed by atoms with Crippen molar-refractivity contribution < 1.29 is 9.53 Å². The smallest absolute Gasteiger partial charge is 0.263 e. The van der Waals surface area contributed by atoms with Crippen molar-refractivity contribution in [2.24, 2.45) is 0 Å². The van der Waals surface area contributed by atoms with E-state index in [0.29, 0.717) is 18.0 Å². The minimum Gasteiger partial charge on any atom is -0.369 e. The van der Waals surface area contributed by atoms with Gasteiger partial charge in [0.2, 0.25) is 0 Å². The van der Waals surface area contributed by atoms with Gasteiger partial charge < -0.3 is 10.1 Å². The fourth-order valence-corrected chi connectivity index (χ4v) is 2.28. The lowest BCUT2D eigenvalue weighted by molar-refractivity contribution is -0.0150. The van der Waals surface area contributed by atoms with E-state index in [1.54, 1.807) is 18.6 Å². The predicted octanol–water partition coefficient (Wildman–Crippen LogP) is 2.49. The molecule has 0 aliphatic rings. The van der Waals surface area contributed by atoms with Gasteiger partial charge in [0.05, 0.1) is 42.5 Å². The number of aromatic nitrogens is 3. The lowest BCUT2D eigenvalue weighted by Crippen LogP contribution is -2.22. The van der Waals surface area contributed by atoms with E-state index >= 15 is 0 Å². The summed E-state index contributed by atoms with van der Waals surface area (Å²) in [5, 5.41) is 3.60. The summed E-state index contributed by atoms with van der Waals surface area (Å²) in [6.07, 6.45) is 4.91. The third-order valence-corrected chi connectivity index (χ3v) is 3.64. The number of hydrogen-bond acceptors (Lipinski definition) is 6. The zero-order valence-corrected chi connectivity index (χ0v) is 14.0. The highest BCUT2D eigenvalue weighted by atomic mass is 32.1. The summed E-state index contributed by atoms with van der Waals surface area (Å²) in [4.78, 5) is 25.2. The van der Waals surface area contributed by atoms with Crippen molar-refractivity contribution in [2.45, 2.75) is 46.4 Å². The zero-order valence-electron chi connectivity index (χ0n) is 13.2. The number of nitrogens with zero attached hydrogens (tertiary/aromatic N) is 3. The van der Waals surface area contributed by atoms with Gasteiger partial charge in [-0.15, -0.1) is 11.3 Å². The number of carbonyl (C=O) groups excluding carboxylic acids is 1. The number of hydrogen-bond donors (Lipinski definition) is 1. The highest BCUT2D eigenvalue weighted by molar-refractivity contribution is 7.13. The summed E-state index contributed by atoms with van der Waals surface area (Å²) in [5.74, 6) is -0.165. The molecule has 0 spiro atoms. The molecule has 0 atom stereocenters. The molecule has 22 heavy (non-hydrogen) atoms. The third kappa shape index (κ3) is 5.16. The zero-order chi connectivity index (χ0) is 16.2. The fourth-order valence-electron chi connectivity index (χ4n) is 1.53. The van der Waals surface area contributed by atoms with Gasteiger partial charge in [0.1, 0.15) is 9.88 Å². The highest BCUT2D eigenvalue weighted by Gasteiger charge is 2.14. The Hall–Kier alpha value is -1.86. The van der Waals surface area contributed by atoms with Crippen LogP contribution < -0.4 is 5.32 Å². The van der Waals surface area contributed by atoms with Gasteiger partial charge >= 0.3 is 0 Å². The van der Waals surface area contributed by atoms with Crippen molar-refractivity contribution in [1.82, 2.24) is 20.3 Å². The van der Waals surface area contributed by atoms with E-state index in [9.17, 15) is 4.79 Å². The number of thiazole rings is 1. The van der Waals surface area contributed by atoms with Crippen molar-refractivity contribution in [2.75, 3.05) is 0 Å². The minimum absolute atomic E-state index is 0.165.